The van der Waals surface area contributed by atoms with Crippen LogP contribution in [0, 0.1) is 5.92 Å². The highest BCUT2D eigenvalue weighted by Gasteiger charge is 2.26. The average Bonchev–Trinajstić information content (AvgIpc) is 1.94. The Bertz CT molecular complexity index is 132. The van der Waals surface area contributed by atoms with Crippen molar-refractivity contribution < 1.29 is 0 Å². The largest absolute Gasteiger partial charge is 0.315 e. The zero-order valence-electron chi connectivity index (χ0n) is 8.15. The fraction of sp³-hybridized carbons (Fsp3) is 1.00. The van der Waals surface area contributed by atoms with E-state index >= 15 is 0 Å². The van der Waals surface area contributed by atoms with Gasteiger partial charge in [0.05, 0.1) is 0 Å². The van der Waals surface area contributed by atoms with Gasteiger partial charge in [-0.1, -0.05) is 6.92 Å². The first-order valence-corrected chi connectivity index (χ1v) is 4.44. The second-order valence-corrected chi connectivity index (χ2v) is 4.43. The van der Waals surface area contributed by atoms with Gasteiger partial charge in [-0.15, -0.1) is 0 Å². The second-order valence-electron chi connectivity index (χ2n) is 4.43. The highest BCUT2D eigenvalue weighted by Crippen LogP contribution is 2.15. The number of hydrogen-bond acceptors (Lipinski definition) is 2. The number of nitrogens with one attached hydrogen (secondary N) is 1. The molecule has 1 heterocycles. The molecular formula is C9H20N2. The zero-order valence-corrected chi connectivity index (χ0v) is 8.15. The molecule has 1 N–H and O–H groups in total. The number of nitrogens with zero attached hydrogens (tertiary/aromatic N) is 1. The van der Waals surface area contributed by atoms with Gasteiger partial charge in [-0.3, -0.25) is 4.90 Å². The van der Waals surface area contributed by atoms with Crippen LogP contribution >= 0.6 is 0 Å². The predicted molar refractivity (Wildman–Crippen MR) is 48.7 cm³/mol. The SMILES string of the molecule is CC1CNCC(C)(C)N(C)C1. The second kappa shape index (κ2) is 3.11. The Labute approximate surface area is 70.0 Å². The third-order valence-corrected chi connectivity index (χ3v) is 2.67. The quantitative estimate of drug-likeness (QED) is 0.561. The minimum absolute atomic E-state index is 0.324. The van der Waals surface area contributed by atoms with E-state index < -0.39 is 0 Å². The van der Waals surface area contributed by atoms with Gasteiger partial charge < -0.3 is 5.32 Å². The van der Waals surface area contributed by atoms with E-state index in [0.29, 0.717) is 5.54 Å². The highest BCUT2D eigenvalue weighted by atomic mass is 15.2. The first-order chi connectivity index (χ1) is 5.02. The summed E-state index contributed by atoms with van der Waals surface area (Å²) >= 11 is 0. The lowest BCUT2D eigenvalue weighted by Gasteiger charge is -2.33. The van der Waals surface area contributed by atoms with Crippen molar-refractivity contribution in [1.29, 1.82) is 0 Å². The molecule has 66 valence electrons. The summed E-state index contributed by atoms with van der Waals surface area (Å²) in [4.78, 5) is 2.44. The molecule has 1 fully saturated rings. The molecule has 0 bridgehead atoms. The van der Waals surface area contributed by atoms with E-state index in [2.05, 4.69) is 38.0 Å². The summed E-state index contributed by atoms with van der Waals surface area (Å²) in [6.45, 7) is 10.3. The van der Waals surface area contributed by atoms with Crippen LogP contribution in [0.25, 0.3) is 0 Å². The maximum Gasteiger partial charge on any atom is 0.0274 e. The zero-order chi connectivity index (χ0) is 8.48. The van der Waals surface area contributed by atoms with E-state index in [1.807, 2.05) is 0 Å². The molecule has 2 heteroatoms. The van der Waals surface area contributed by atoms with Crippen molar-refractivity contribution in [3.05, 3.63) is 0 Å². The van der Waals surface area contributed by atoms with Crippen molar-refractivity contribution in [2.75, 3.05) is 26.7 Å². The molecule has 0 saturated carbocycles. The molecule has 1 saturated heterocycles. The summed E-state index contributed by atoms with van der Waals surface area (Å²) in [5.74, 6) is 0.779. The molecule has 0 spiro atoms. The molecule has 1 aliphatic rings. The number of likely N-dealkylation sites (N-methyl/N-ethyl adjacent to an activating group) is 1. The standard InChI is InChI=1S/C9H20N2/c1-8-5-10-7-9(2,3)11(4)6-8/h8,10H,5-7H2,1-4H3. The first-order valence-electron chi connectivity index (χ1n) is 4.44. The van der Waals surface area contributed by atoms with Crippen LogP contribution in [0.5, 0.6) is 0 Å². The molecule has 0 aromatic rings. The Balaban J connectivity index is 2.58. The van der Waals surface area contributed by atoms with Crippen LogP contribution < -0.4 is 5.32 Å². The Morgan fingerprint density at radius 2 is 2.09 bits per heavy atom. The van der Waals surface area contributed by atoms with Gasteiger partial charge in [0.25, 0.3) is 0 Å². The molecule has 1 unspecified atom stereocenters. The smallest absolute Gasteiger partial charge is 0.0274 e. The molecule has 0 aromatic heterocycles. The fourth-order valence-electron chi connectivity index (χ4n) is 1.54. The summed E-state index contributed by atoms with van der Waals surface area (Å²) in [5.41, 5.74) is 0.324. The van der Waals surface area contributed by atoms with E-state index in [1.165, 1.54) is 6.54 Å². The average molecular weight is 156 g/mol. The molecule has 0 radical (unpaired) electrons. The molecule has 1 rings (SSSR count). The minimum Gasteiger partial charge on any atom is -0.315 e. The van der Waals surface area contributed by atoms with Crippen LogP contribution in [0.1, 0.15) is 20.8 Å². The molecule has 11 heavy (non-hydrogen) atoms. The Morgan fingerprint density at radius 1 is 1.45 bits per heavy atom. The van der Waals surface area contributed by atoms with Gasteiger partial charge in [0.15, 0.2) is 0 Å². The van der Waals surface area contributed by atoms with Crippen LogP contribution in [-0.2, 0) is 0 Å². The number of hydrogen-bond donors (Lipinski definition) is 1. The third kappa shape index (κ3) is 2.17. The Morgan fingerprint density at radius 3 is 2.73 bits per heavy atom. The van der Waals surface area contributed by atoms with E-state index in [-0.39, 0.29) is 0 Å². The van der Waals surface area contributed by atoms with E-state index in [4.69, 9.17) is 0 Å². The molecule has 1 aliphatic heterocycles. The van der Waals surface area contributed by atoms with E-state index in [0.717, 1.165) is 19.0 Å². The molecule has 0 aromatic carbocycles. The van der Waals surface area contributed by atoms with Crippen LogP contribution in [0.4, 0.5) is 0 Å². The van der Waals surface area contributed by atoms with Crippen molar-refractivity contribution in [3.63, 3.8) is 0 Å². The Kier molecular flexibility index (Phi) is 2.55. The fourth-order valence-corrected chi connectivity index (χ4v) is 1.54. The van der Waals surface area contributed by atoms with Crippen molar-refractivity contribution in [3.8, 4) is 0 Å². The van der Waals surface area contributed by atoms with Crippen molar-refractivity contribution in [2.24, 2.45) is 5.92 Å². The summed E-state index contributed by atoms with van der Waals surface area (Å²) in [6.07, 6.45) is 0. The highest BCUT2D eigenvalue weighted by molar-refractivity contribution is 4.85. The topological polar surface area (TPSA) is 15.3 Å². The van der Waals surface area contributed by atoms with Crippen LogP contribution in [0.2, 0.25) is 0 Å². The van der Waals surface area contributed by atoms with Gasteiger partial charge >= 0.3 is 0 Å². The first kappa shape index (κ1) is 9.01. The molecule has 0 amide bonds. The third-order valence-electron chi connectivity index (χ3n) is 2.67. The van der Waals surface area contributed by atoms with Crippen LogP contribution in [0.3, 0.4) is 0 Å². The van der Waals surface area contributed by atoms with Crippen LogP contribution in [-0.4, -0.2) is 37.1 Å². The summed E-state index contributed by atoms with van der Waals surface area (Å²) in [6, 6.07) is 0. The van der Waals surface area contributed by atoms with Gasteiger partial charge in [-0.05, 0) is 33.4 Å². The van der Waals surface area contributed by atoms with Gasteiger partial charge in [0.2, 0.25) is 0 Å². The minimum atomic E-state index is 0.324. The van der Waals surface area contributed by atoms with Crippen molar-refractivity contribution in [2.45, 2.75) is 26.3 Å². The van der Waals surface area contributed by atoms with E-state index in [9.17, 15) is 0 Å². The van der Waals surface area contributed by atoms with Gasteiger partial charge in [0.1, 0.15) is 0 Å². The van der Waals surface area contributed by atoms with Crippen molar-refractivity contribution >= 4 is 0 Å². The summed E-state index contributed by atoms with van der Waals surface area (Å²) in [5, 5.41) is 3.48. The number of rotatable bonds is 0. The maximum atomic E-state index is 3.48. The Hall–Kier alpha value is -0.0800. The van der Waals surface area contributed by atoms with Gasteiger partial charge in [0, 0.05) is 18.6 Å². The van der Waals surface area contributed by atoms with E-state index in [1.54, 1.807) is 0 Å². The monoisotopic (exact) mass is 156 g/mol. The molecule has 1 atom stereocenters. The van der Waals surface area contributed by atoms with Gasteiger partial charge in [-0.25, -0.2) is 0 Å². The lowest BCUT2D eigenvalue weighted by atomic mass is 10.0. The lowest BCUT2D eigenvalue weighted by molar-refractivity contribution is 0.159. The molecular weight excluding hydrogens is 136 g/mol. The summed E-state index contributed by atoms with van der Waals surface area (Å²) < 4.78 is 0. The predicted octanol–water partition coefficient (Wildman–Crippen LogP) is 0.936. The molecule has 2 nitrogen and oxygen atoms in total. The normalized spacial score (nSPS) is 33.3. The van der Waals surface area contributed by atoms with Crippen LogP contribution in [0.15, 0.2) is 0 Å². The molecule has 0 aliphatic carbocycles. The summed E-state index contributed by atoms with van der Waals surface area (Å²) in [7, 11) is 2.21. The van der Waals surface area contributed by atoms with Crippen molar-refractivity contribution in [1.82, 2.24) is 10.2 Å². The lowest BCUT2D eigenvalue weighted by Crippen LogP contribution is -2.46. The van der Waals surface area contributed by atoms with Gasteiger partial charge in [-0.2, -0.15) is 0 Å². The maximum absolute atomic E-state index is 3.48.